The smallest absolute Gasteiger partial charge is 0.193 e. The zero-order chi connectivity index (χ0) is 18.6. The Hall–Kier alpha value is -1.76. The summed E-state index contributed by atoms with van der Waals surface area (Å²) in [6.07, 6.45) is 1.83. The van der Waals surface area contributed by atoms with Crippen LogP contribution in [-0.2, 0) is 9.84 Å². The number of guanidine groups is 1. The number of nitrogens with zero attached hydrogens (tertiary/aromatic N) is 2. The quantitative estimate of drug-likeness (QED) is 0.625. The van der Waals surface area contributed by atoms with Gasteiger partial charge in [-0.3, -0.25) is 4.99 Å². The molecule has 2 saturated heterocycles. The Morgan fingerprint density at radius 1 is 1.31 bits per heavy atom. The number of hydrogen-bond acceptors (Lipinski definition) is 4. The molecule has 2 aliphatic rings. The summed E-state index contributed by atoms with van der Waals surface area (Å²) in [6.45, 7) is 5.36. The van der Waals surface area contributed by atoms with Gasteiger partial charge < -0.3 is 15.0 Å². The third-order valence-electron chi connectivity index (χ3n) is 5.24. The maximum Gasteiger partial charge on any atom is 0.193 e. The molecule has 0 aliphatic carbocycles. The third-order valence-corrected chi connectivity index (χ3v) is 7.07. The van der Waals surface area contributed by atoms with Crippen LogP contribution in [0.1, 0.15) is 31.2 Å². The maximum absolute atomic E-state index is 11.6. The molecular weight excluding hydrogens is 350 g/mol. The molecule has 144 valence electrons. The first-order valence-corrected chi connectivity index (χ1v) is 11.2. The van der Waals surface area contributed by atoms with E-state index in [9.17, 15) is 8.42 Å². The van der Waals surface area contributed by atoms with Crippen molar-refractivity contribution < 1.29 is 13.2 Å². The minimum Gasteiger partial charge on any atom is -0.497 e. The molecule has 0 aromatic heterocycles. The van der Waals surface area contributed by atoms with Crippen LogP contribution >= 0.6 is 0 Å². The van der Waals surface area contributed by atoms with E-state index in [2.05, 4.69) is 29.3 Å². The van der Waals surface area contributed by atoms with Gasteiger partial charge in [-0.15, -0.1) is 0 Å². The SMILES string of the molecule is CCNC(=NCC1CCS(=O)(=O)C1)N1CCC(c2ccc(OC)cc2)C1. The molecule has 2 aliphatic heterocycles. The molecule has 1 aromatic carbocycles. The van der Waals surface area contributed by atoms with Gasteiger partial charge in [-0.25, -0.2) is 8.42 Å². The number of ether oxygens (including phenoxy) is 1. The van der Waals surface area contributed by atoms with Crippen molar-refractivity contribution in [3.05, 3.63) is 29.8 Å². The van der Waals surface area contributed by atoms with Crippen molar-refractivity contribution in [1.82, 2.24) is 10.2 Å². The van der Waals surface area contributed by atoms with Crippen molar-refractivity contribution in [1.29, 1.82) is 0 Å². The molecule has 0 bridgehead atoms. The van der Waals surface area contributed by atoms with Crippen LogP contribution in [0.2, 0.25) is 0 Å². The van der Waals surface area contributed by atoms with Crippen LogP contribution in [0.3, 0.4) is 0 Å². The number of benzene rings is 1. The van der Waals surface area contributed by atoms with Crippen LogP contribution in [0.4, 0.5) is 0 Å². The summed E-state index contributed by atoms with van der Waals surface area (Å²) in [5, 5.41) is 3.37. The van der Waals surface area contributed by atoms with Gasteiger partial charge in [0, 0.05) is 32.1 Å². The van der Waals surface area contributed by atoms with Gasteiger partial charge in [-0.1, -0.05) is 12.1 Å². The first-order chi connectivity index (χ1) is 12.5. The van der Waals surface area contributed by atoms with E-state index >= 15 is 0 Å². The summed E-state index contributed by atoms with van der Waals surface area (Å²) < 4.78 is 28.5. The molecule has 2 fully saturated rings. The molecule has 0 spiro atoms. The van der Waals surface area contributed by atoms with Crippen LogP contribution in [0.25, 0.3) is 0 Å². The highest BCUT2D eigenvalue weighted by Crippen LogP contribution is 2.28. The fourth-order valence-electron chi connectivity index (χ4n) is 3.76. The Balaban J connectivity index is 1.62. The van der Waals surface area contributed by atoms with Gasteiger partial charge >= 0.3 is 0 Å². The predicted octanol–water partition coefficient (Wildman–Crippen LogP) is 1.88. The highest BCUT2D eigenvalue weighted by molar-refractivity contribution is 7.91. The molecule has 3 rings (SSSR count). The number of hydrogen-bond donors (Lipinski definition) is 1. The van der Waals surface area contributed by atoms with E-state index in [1.165, 1.54) is 5.56 Å². The number of sulfone groups is 1. The van der Waals surface area contributed by atoms with E-state index in [1.807, 2.05) is 12.1 Å². The molecule has 0 radical (unpaired) electrons. The van der Waals surface area contributed by atoms with Gasteiger partial charge in [-0.2, -0.15) is 0 Å². The standard InChI is InChI=1S/C19H29N3O3S/c1-3-20-19(21-12-15-9-11-26(23,24)14-15)22-10-8-17(13-22)16-4-6-18(25-2)7-5-16/h4-7,15,17H,3,8-14H2,1-2H3,(H,20,21). The van der Waals surface area contributed by atoms with Crippen molar-refractivity contribution in [2.24, 2.45) is 10.9 Å². The molecule has 1 aromatic rings. The lowest BCUT2D eigenvalue weighted by Gasteiger charge is -2.22. The fourth-order valence-corrected chi connectivity index (χ4v) is 5.61. The van der Waals surface area contributed by atoms with Crippen LogP contribution in [0.5, 0.6) is 5.75 Å². The van der Waals surface area contributed by atoms with E-state index in [1.54, 1.807) is 7.11 Å². The number of likely N-dealkylation sites (tertiary alicyclic amines) is 1. The van der Waals surface area contributed by atoms with E-state index in [4.69, 9.17) is 9.73 Å². The summed E-state index contributed by atoms with van der Waals surface area (Å²) in [6, 6.07) is 8.30. The first-order valence-electron chi connectivity index (χ1n) is 9.38. The summed E-state index contributed by atoms with van der Waals surface area (Å²) >= 11 is 0. The van der Waals surface area contributed by atoms with Crippen molar-refractivity contribution >= 4 is 15.8 Å². The molecule has 2 atom stereocenters. The molecule has 6 nitrogen and oxygen atoms in total. The van der Waals surface area contributed by atoms with Crippen LogP contribution < -0.4 is 10.1 Å². The van der Waals surface area contributed by atoms with Crippen molar-refractivity contribution in [2.75, 3.05) is 44.8 Å². The molecular formula is C19H29N3O3S. The molecule has 7 heteroatoms. The van der Waals surface area contributed by atoms with Crippen molar-refractivity contribution in [3.8, 4) is 5.75 Å². The van der Waals surface area contributed by atoms with Crippen LogP contribution in [-0.4, -0.2) is 64.1 Å². The molecule has 1 N–H and O–H groups in total. The summed E-state index contributed by atoms with van der Waals surface area (Å²) in [5.74, 6) is 3.03. The van der Waals surface area contributed by atoms with E-state index in [-0.39, 0.29) is 11.7 Å². The van der Waals surface area contributed by atoms with Gasteiger partial charge in [0.1, 0.15) is 5.75 Å². The molecule has 0 amide bonds. The maximum atomic E-state index is 11.6. The lowest BCUT2D eigenvalue weighted by Crippen LogP contribution is -2.40. The Labute approximate surface area is 156 Å². The normalized spacial score (nSPS) is 25.5. The number of nitrogens with one attached hydrogen (secondary N) is 1. The Kier molecular flexibility index (Phi) is 6.06. The summed E-state index contributed by atoms with van der Waals surface area (Å²) in [7, 11) is -1.16. The monoisotopic (exact) mass is 379 g/mol. The minimum atomic E-state index is -2.84. The van der Waals surface area contributed by atoms with Gasteiger partial charge in [0.15, 0.2) is 15.8 Å². The Morgan fingerprint density at radius 3 is 2.69 bits per heavy atom. The highest BCUT2D eigenvalue weighted by atomic mass is 32.2. The van der Waals surface area contributed by atoms with E-state index in [0.29, 0.717) is 18.2 Å². The van der Waals surface area contributed by atoms with Gasteiger partial charge in [0.2, 0.25) is 0 Å². The fraction of sp³-hybridized carbons (Fsp3) is 0.632. The molecule has 2 unspecified atom stereocenters. The third kappa shape index (κ3) is 4.69. The molecule has 2 heterocycles. The van der Waals surface area contributed by atoms with Gasteiger partial charge in [0.05, 0.1) is 18.6 Å². The number of rotatable bonds is 5. The zero-order valence-corrected chi connectivity index (χ0v) is 16.5. The number of aliphatic imine (C=N–C) groups is 1. The lowest BCUT2D eigenvalue weighted by molar-refractivity contribution is 0.414. The van der Waals surface area contributed by atoms with E-state index < -0.39 is 9.84 Å². The Bertz CT molecular complexity index is 731. The second kappa shape index (κ2) is 8.29. The second-order valence-corrected chi connectivity index (χ2v) is 9.40. The average Bonchev–Trinajstić information content (AvgIpc) is 3.25. The van der Waals surface area contributed by atoms with Gasteiger partial charge in [0.25, 0.3) is 0 Å². The van der Waals surface area contributed by atoms with Crippen LogP contribution in [0, 0.1) is 5.92 Å². The van der Waals surface area contributed by atoms with Crippen molar-refractivity contribution in [2.45, 2.75) is 25.7 Å². The van der Waals surface area contributed by atoms with Gasteiger partial charge in [-0.05, 0) is 43.4 Å². The second-order valence-electron chi connectivity index (χ2n) is 7.17. The molecule has 26 heavy (non-hydrogen) atoms. The Morgan fingerprint density at radius 2 is 2.08 bits per heavy atom. The molecule has 0 saturated carbocycles. The largest absolute Gasteiger partial charge is 0.497 e. The topological polar surface area (TPSA) is 71.0 Å². The predicted molar refractivity (Wildman–Crippen MR) is 105 cm³/mol. The highest BCUT2D eigenvalue weighted by Gasteiger charge is 2.29. The summed E-state index contributed by atoms with van der Waals surface area (Å²) in [5.41, 5.74) is 1.33. The minimum absolute atomic E-state index is 0.161. The van der Waals surface area contributed by atoms with Crippen LogP contribution in [0.15, 0.2) is 29.3 Å². The zero-order valence-electron chi connectivity index (χ0n) is 15.6. The summed E-state index contributed by atoms with van der Waals surface area (Å²) in [4.78, 5) is 7.04. The average molecular weight is 380 g/mol. The first kappa shape index (κ1) is 19.0. The van der Waals surface area contributed by atoms with E-state index in [0.717, 1.165) is 44.2 Å². The van der Waals surface area contributed by atoms with Crippen molar-refractivity contribution in [3.63, 3.8) is 0 Å². The lowest BCUT2D eigenvalue weighted by atomic mass is 9.98. The number of methoxy groups -OCH3 is 1.